The van der Waals surface area contributed by atoms with E-state index in [0.717, 1.165) is 11.8 Å². The van der Waals surface area contributed by atoms with Crippen LogP contribution in [-0.4, -0.2) is 24.0 Å². The van der Waals surface area contributed by atoms with E-state index in [9.17, 15) is 4.79 Å². The van der Waals surface area contributed by atoms with Gasteiger partial charge in [-0.2, -0.15) is 0 Å². The van der Waals surface area contributed by atoms with Gasteiger partial charge in [0, 0.05) is 12.1 Å². The third kappa shape index (κ3) is 4.97. The molecule has 1 amide bonds. The summed E-state index contributed by atoms with van der Waals surface area (Å²) in [6, 6.07) is 0.666. The molecular formula is C15H30N2O. The fourth-order valence-corrected chi connectivity index (χ4v) is 2.79. The SMILES string of the molecule is CC(C)NC(=O)C(C)NC1CCC(C(C)C)CC1. The highest BCUT2D eigenvalue weighted by atomic mass is 16.2. The van der Waals surface area contributed by atoms with Crippen molar-refractivity contribution in [1.29, 1.82) is 0 Å². The largest absolute Gasteiger partial charge is 0.353 e. The molecule has 3 heteroatoms. The molecule has 0 saturated heterocycles. The van der Waals surface area contributed by atoms with Crippen molar-refractivity contribution in [3.63, 3.8) is 0 Å². The summed E-state index contributed by atoms with van der Waals surface area (Å²) in [5, 5.41) is 6.43. The predicted molar refractivity (Wildman–Crippen MR) is 76.5 cm³/mol. The molecule has 0 aromatic heterocycles. The molecule has 1 aliphatic rings. The van der Waals surface area contributed by atoms with E-state index < -0.39 is 0 Å². The monoisotopic (exact) mass is 254 g/mol. The van der Waals surface area contributed by atoms with Gasteiger partial charge in [0.05, 0.1) is 6.04 Å². The minimum Gasteiger partial charge on any atom is -0.353 e. The first-order valence-electron chi connectivity index (χ1n) is 7.46. The zero-order valence-electron chi connectivity index (χ0n) is 12.6. The summed E-state index contributed by atoms with van der Waals surface area (Å²) in [5.74, 6) is 1.80. The number of hydrogen-bond acceptors (Lipinski definition) is 2. The van der Waals surface area contributed by atoms with Gasteiger partial charge in [-0.3, -0.25) is 4.79 Å². The van der Waals surface area contributed by atoms with E-state index >= 15 is 0 Å². The van der Waals surface area contributed by atoms with Crippen molar-refractivity contribution in [2.45, 2.75) is 78.4 Å². The third-order valence-electron chi connectivity index (χ3n) is 4.02. The lowest BCUT2D eigenvalue weighted by Crippen LogP contribution is -2.49. The Kier molecular flexibility index (Phi) is 6.13. The second-order valence-electron chi connectivity index (χ2n) is 6.41. The van der Waals surface area contributed by atoms with Crippen molar-refractivity contribution >= 4 is 5.91 Å². The first-order chi connectivity index (χ1) is 8.40. The standard InChI is InChI=1S/C15H30N2O/c1-10(2)13-6-8-14(9-7-13)17-12(5)15(18)16-11(3)4/h10-14,17H,6-9H2,1-5H3,(H,16,18). The van der Waals surface area contributed by atoms with E-state index in [1.54, 1.807) is 0 Å². The van der Waals surface area contributed by atoms with Gasteiger partial charge in [0.25, 0.3) is 0 Å². The molecule has 1 atom stereocenters. The van der Waals surface area contributed by atoms with E-state index in [-0.39, 0.29) is 18.0 Å². The molecule has 106 valence electrons. The Morgan fingerprint density at radius 2 is 1.56 bits per heavy atom. The van der Waals surface area contributed by atoms with Crippen molar-refractivity contribution in [2.75, 3.05) is 0 Å². The smallest absolute Gasteiger partial charge is 0.237 e. The molecule has 0 radical (unpaired) electrons. The van der Waals surface area contributed by atoms with Gasteiger partial charge in [-0.05, 0) is 58.3 Å². The fraction of sp³-hybridized carbons (Fsp3) is 0.933. The van der Waals surface area contributed by atoms with Crippen molar-refractivity contribution in [1.82, 2.24) is 10.6 Å². The third-order valence-corrected chi connectivity index (χ3v) is 4.02. The molecule has 0 bridgehead atoms. The van der Waals surface area contributed by atoms with Crippen LogP contribution in [0, 0.1) is 11.8 Å². The summed E-state index contributed by atoms with van der Waals surface area (Å²) in [7, 11) is 0. The lowest BCUT2D eigenvalue weighted by Gasteiger charge is -2.32. The van der Waals surface area contributed by atoms with Crippen LogP contribution in [-0.2, 0) is 4.79 Å². The normalized spacial score (nSPS) is 26.4. The Balaban J connectivity index is 2.30. The van der Waals surface area contributed by atoms with Gasteiger partial charge >= 0.3 is 0 Å². The molecule has 0 aromatic rings. The maximum Gasteiger partial charge on any atom is 0.237 e. The number of nitrogens with one attached hydrogen (secondary N) is 2. The highest BCUT2D eigenvalue weighted by Gasteiger charge is 2.25. The van der Waals surface area contributed by atoms with Crippen LogP contribution >= 0.6 is 0 Å². The molecule has 1 aliphatic carbocycles. The first kappa shape index (κ1) is 15.5. The second kappa shape index (κ2) is 7.13. The van der Waals surface area contributed by atoms with Crippen molar-refractivity contribution in [2.24, 2.45) is 11.8 Å². The second-order valence-corrected chi connectivity index (χ2v) is 6.41. The van der Waals surface area contributed by atoms with Crippen LogP contribution in [0.5, 0.6) is 0 Å². The van der Waals surface area contributed by atoms with Gasteiger partial charge in [-0.15, -0.1) is 0 Å². The maximum atomic E-state index is 11.8. The molecule has 0 heterocycles. The highest BCUT2D eigenvalue weighted by molar-refractivity contribution is 5.81. The zero-order chi connectivity index (χ0) is 13.7. The average molecular weight is 254 g/mol. The van der Waals surface area contributed by atoms with Gasteiger partial charge < -0.3 is 10.6 Å². The van der Waals surface area contributed by atoms with E-state index in [2.05, 4.69) is 24.5 Å². The molecule has 1 saturated carbocycles. The molecule has 3 nitrogen and oxygen atoms in total. The number of amides is 1. The van der Waals surface area contributed by atoms with Gasteiger partial charge in [0.1, 0.15) is 0 Å². The van der Waals surface area contributed by atoms with Crippen molar-refractivity contribution < 1.29 is 4.79 Å². The van der Waals surface area contributed by atoms with Crippen LogP contribution in [0.3, 0.4) is 0 Å². The summed E-state index contributed by atoms with van der Waals surface area (Å²) < 4.78 is 0. The molecular weight excluding hydrogens is 224 g/mol. The molecule has 1 fully saturated rings. The Hall–Kier alpha value is -0.570. The molecule has 0 aliphatic heterocycles. The summed E-state index contributed by atoms with van der Waals surface area (Å²) in [6.45, 7) is 10.6. The summed E-state index contributed by atoms with van der Waals surface area (Å²) in [5.41, 5.74) is 0. The van der Waals surface area contributed by atoms with Gasteiger partial charge in [-0.1, -0.05) is 13.8 Å². The van der Waals surface area contributed by atoms with Crippen LogP contribution in [0.4, 0.5) is 0 Å². The van der Waals surface area contributed by atoms with Crippen LogP contribution in [0.1, 0.15) is 60.3 Å². The Morgan fingerprint density at radius 3 is 2.00 bits per heavy atom. The topological polar surface area (TPSA) is 41.1 Å². The van der Waals surface area contributed by atoms with Crippen LogP contribution in [0.15, 0.2) is 0 Å². The van der Waals surface area contributed by atoms with Crippen LogP contribution < -0.4 is 10.6 Å². The summed E-state index contributed by atoms with van der Waals surface area (Å²) in [4.78, 5) is 11.8. The Morgan fingerprint density at radius 1 is 1.00 bits per heavy atom. The average Bonchev–Trinajstić information content (AvgIpc) is 2.28. The number of carbonyl (C=O) groups is 1. The first-order valence-corrected chi connectivity index (χ1v) is 7.46. The van der Waals surface area contributed by atoms with Crippen molar-refractivity contribution in [3.05, 3.63) is 0 Å². The van der Waals surface area contributed by atoms with Gasteiger partial charge in [-0.25, -0.2) is 0 Å². The summed E-state index contributed by atoms with van der Waals surface area (Å²) in [6.07, 6.45) is 5.02. The lowest BCUT2D eigenvalue weighted by atomic mass is 9.79. The highest BCUT2D eigenvalue weighted by Crippen LogP contribution is 2.29. The Labute approximate surface area is 112 Å². The van der Waals surface area contributed by atoms with Gasteiger partial charge in [0.15, 0.2) is 0 Å². The molecule has 18 heavy (non-hydrogen) atoms. The fourth-order valence-electron chi connectivity index (χ4n) is 2.79. The van der Waals surface area contributed by atoms with E-state index in [4.69, 9.17) is 0 Å². The number of rotatable bonds is 5. The van der Waals surface area contributed by atoms with Crippen molar-refractivity contribution in [3.8, 4) is 0 Å². The molecule has 1 rings (SSSR count). The molecule has 2 N–H and O–H groups in total. The molecule has 0 aromatic carbocycles. The quantitative estimate of drug-likeness (QED) is 0.792. The molecule has 0 spiro atoms. The van der Waals surface area contributed by atoms with E-state index in [0.29, 0.717) is 6.04 Å². The Bertz CT molecular complexity index is 255. The molecule has 1 unspecified atom stereocenters. The van der Waals surface area contributed by atoms with Crippen LogP contribution in [0.25, 0.3) is 0 Å². The van der Waals surface area contributed by atoms with Gasteiger partial charge in [0.2, 0.25) is 5.91 Å². The summed E-state index contributed by atoms with van der Waals surface area (Å²) >= 11 is 0. The minimum absolute atomic E-state index is 0.0759. The van der Waals surface area contributed by atoms with E-state index in [1.165, 1.54) is 25.7 Å². The zero-order valence-corrected chi connectivity index (χ0v) is 12.6. The van der Waals surface area contributed by atoms with Crippen LogP contribution in [0.2, 0.25) is 0 Å². The maximum absolute atomic E-state index is 11.8. The number of carbonyl (C=O) groups excluding carboxylic acids is 1. The minimum atomic E-state index is -0.0759. The number of hydrogen-bond donors (Lipinski definition) is 2. The lowest BCUT2D eigenvalue weighted by molar-refractivity contribution is -0.123. The predicted octanol–water partition coefficient (Wildman–Crippen LogP) is 2.70. The van der Waals surface area contributed by atoms with E-state index in [1.807, 2.05) is 20.8 Å².